The molecule has 0 aromatic carbocycles. The summed E-state index contributed by atoms with van der Waals surface area (Å²) in [5.74, 6) is 2.32. The largest absolute Gasteiger partial charge is 0.353 e. The lowest BCUT2D eigenvalue weighted by Gasteiger charge is -2.40. The van der Waals surface area contributed by atoms with Crippen LogP contribution >= 0.6 is 11.8 Å². The molecule has 3 fully saturated rings. The Morgan fingerprint density at radius 1 is 1.25 bits per heavy atom. The molecule has 3 nitrogen and oxygen atoms in total. The van der Waals surface area contributed by atoms with E-state index in [1.54, 1.807) is 0 Å². The fourth-order valence-corrected chi connectivity index (χ4v) is 5.32. The molecule has 0 radical (unpaired) electrons. The van der Waals surface area contributed by atoms with Crippen LogP contribution in [0.2, 0.25) is 0 Å². The lowest BCUT2D eigenvalue weighted by atomic mass is 9.77. The summed E-state index contributed by atoms with van der Waals surface area (Å²) < 4.78 is 0.275. The Balaban J connectivity index is 1.47. The van der Waals surface area contributed by atoms with Gasteiger partial charge in [-0.15, -0.1) is 0 Å². The van der Waals surface area contributed by atoms with E-state index in [9.17, 15) is 4.79 Å². The first-order valence-electron chi connectivity index (χ1n) is 8.34. The van der Waals surface area contributed by atoms with Crippen molar-refractivity contribution in [2.24, 2.45) is 5.92 Å². The predicted octanol–water partition coefficient (Wildman–Crippen LogP) is 2.70. The molecule has 3 aliphatic rings. The van der Waals surface area contributed by atoms with Gasteiger partial charge >= 0.3 is 0 Å². The summed E-state index contributed by atoms with van der Waals surface area (Å²) in [5, 5.41) is 6.83. The van der Waals surface area contributed by atoms with Crippen LogP contribution < -0.4 is 10.6 Å². The highest BCUT2D eigenvalue weighted by Crippen LogP contribution is 2.37. The van der Waals surface area contributed by atoms with Crippen LogP contribution in [0.1, 0.15) is 58.3 Å². The van der Waals surface area contributed by atoms with Gasteiger partial charge in [0, 0.05) is 17.3 Å². The van der Waals surface area contributed by atoms with Crippen molar-refractivity contribution in [3.8, 4) is 0 Å². The monoisotopic (exact) mass is 296 g/mol. The van der Waals surface area contributed by atoms with Gasteiger partial charge in [-0.1, -0.05) is 12.8 Å². The van der Waals surface area contributed by atoms with Crippen molar-refractivity contribution in [3.05, 3.63) is 0 Å². The minimum absolute atomic E-state index is 0.0596. The van der Waals surface area contributed by atoms with E-state index in [4.69, 9.17) is 0 Å². The number of thioether (sulfide) groups is 1. The van der Waals surface area contributed by atoms with Crippen molar-refractivity contribution >= 4 is 17.7 Å². The van der Waals surface area contributed by atoms with Gasteiger partial charge < -0.3 is 10.6 Å². The highest BCUT2D eigenvalue weighted by Gasteiger charge is 2.35. The molecule has 4 unspecified atom stereocenters. The van der Waals surface area contributed by atoms with Gasteiger partial charge in [0.1, 0.15) is 0 Å². The smallest absolute Gasteiger partial charge is 0.237 e. The molecule has 1 saturated carbocycles. The van der Waals surface area contributed by atoms with Crippen LogP contribution in [-0.2, 0) is 4.79 Å². The maximum Gasteiger partial charge on any atom is 0.237 e. The number of amides is 1. The van der Waals surface area contributed by atoms with Crippen molar-refractivity contribution in [2.45, 2.75) is 75.1 Å². The first-order chi connectivity index (χ1) is 9.66. The minimum Gasteiger partial charge on any atom is -0.353 e. The molecule has 0 spiro atoms. The van der Waals surface area contributed by atoms with E-state index in [-0.39, 0.29) is 16.7 Å². The molecule has 2 aliphatic heterocycles. The second kappa shape index (κ2) is 6.27. The molecule has 20 heavy (non-hydrogen) atoms. The topological polar surface area (TPSA) is 41.1 Å². The third-order valence-electron chi connectivity index (χ3n) is 5.40. The van der Waals surface area contributed by atoms with Crippen molar-refractivity contribution in [1.29, 1.82) is 0 Å². The van der Waals surface area contributed by atoms with Crippen LogP contribution in [0.15, 0.2) is 0 Å². The minimum atomic E-state index is 0.0596. The lowest BCUT2D eigenvalue weighted by Crippen LogP contribution is -2.55. The number of fused-ring (bicyclic) bond motifs is 1. The molecule has 2 heterocycles. The highest BCUT2D eigenvalue weighted by atomic mass is 32.2. The Bertz CT molecular complexity index is 354. The zero-order chi connectivity index (χ0) is 14.0. The SMILES string of the molecule is CC1(CNC(=O)C2CCC3CCCCC3N2)CCCS1. The van der Waals surface area contributed by atoms with E-state index >= 15 is 0 Å². The van der Waals surface area contributed by atoms with Crippen LogP contribution in [0.3, 0.4) is 0 Å². The normalized spacial score (nSPS) is 41.1. The van der Waals surface area contributed by atoms with Crippen LogP contribution in [0.25, 0.3) is 0 Å². The molecular weight excluding hydrogens is 268 g/mol. The summed E-state index contributed by atoms with van der Waals surface area (Å²) in [6.07, 6.45) is 10.1. The predicted molar refractivity (Wildman–Crippen MR) is 85.0 cm³/mol. The Hall–Kier alpha value is -0.220. The van der Waals surface area contributed by atoms with Crippen LogP contribution in [0.5, 0.6) is 0 Å². The Labute approximate surface area is 127 Å². The van der Waals surface area contributed by atoms with Crippen LogP contribution in [0, 0.1) is 5.92 Å². The van der Waals surface area contributed by atoms with Gasteiger partial charge in [-0.2, -0.15) is 11.8 Å². The van der Waals surface area contributed by atoms with Gasteiger partial charge in [-0.25, -0.2) is 0 Å². The number of rotatable bonds is 3. The molecule has 3 rings (SSSR count). The molecule has 0 bridgehead atoms. The van der Waals surface area contributed by atoms with E-state index in [1.165, 1.54) is 50.7 Å². The zero-order valence-electron chi connectivity index (χ0n) is 12.6. The number of hydrogen-bond donors (Lipinski definition) is 2. The molecular formula is C16H28N2OS. The first-order valence-corrected chi connectivity index (χ1v) is 9.33. The van der Waals surface area contributed by atoms with E-state index in [0.717, 1.165) is 18.9 Å². The first kappa shape index (κ1) is 14.7. The Morgan fingerprint density at radius 3 is 2.90 bits per heavy atom. The Kier molecular flexibility index (Phi) is 4.61. The summed E-state index contributed by atoms with van der Waals surface area (Å²) in [6.45, 7) is 3.12. The van der Waals surface area contributed by atoms with Crippen molar-refractivity contribution in [2.75, 3.05) is 12.3 Å². The maximum atomic E-state index is 12.4. The Morgan fingerprint density at radius 2 is 2.10 bits per heavy atom. The third kappa shape index (κ3) is 3.33. The van der Waals surface area contributed by atoms with E-state index in [1.807, 2.05) is 11.8 Å². The van der Waals surface area contributed by atoms with Gasteiger partial charge in [0.25, 0.3) is 0 Å². The van der Waals surface area contributed by atoms with Crippen LogP contribution in [0.4, 0.5) is 0 Å². The van der Waals surface area contributed by atoms with Gasteiger partial charge in [0.2, 0.25) is 5.91 Å². The average molecular weight is 296 g/mol. The van der Waals surface area contributed by atoms with Gasteiger partial charge in [0.05, 0.1) is 6.04 Å². The summed E-state index contributed by atoms with van der Waals surface area (Å²) >= 11 is 2.02. The summed E-state index contributed by atoms with van der Waals surface area (Å²) in [5.41, 5.74) is 0. The molecule has 2 N–H and O–H groups in total. The van der Waals surface area contributed by atoms with E-state index in [0.29, 0.717) is 6.04 Å². The summed E-state index contributed by atoms with van der Waals surface area (Å²) in [6, 6.07) is 0.661. The fourth-order valence-electron chi connectivity index (χ4n) is 4.08. The van der Waals surface area contributed by atoms with Gasteiger partial charge in [-0.05, 0) is 57.1 Å². The van der Waals surface area contributed by atoms with E-state index < -0.39 is 0 Å². The quantitative estimate of drug-likeness (QED) is 0.841. The number of carbonyl (C=O) groups is 1. The molecule has 1 aliphatic carbocycles. The number of carbonyl (C=O) groups excluding carboxylic acids is 1. The summed E-state index contributed by atoms with van der Waals surface area (Å²) in [4.78, 5) is 12.4. The molecule has 0 aromatic rings. The van der Waals surface area contributed by atoms with Crippen LogP contribution in [-0.4, -0.2) is 35.0 Å². The standard InChI is InChI=1S/C16H28N2OS/c1-16(9-4-10-20-16)11-17-15(19)14-8-7-12-5-2-3-6-13(12)18-14/h12-14,18H,2-11H2,1H3,(H,17,19). The molecule has 4 heteroatoms. The molecule has 0 aromatic heterocycles. The third-order valence-corrected chi connectivity index (χ3v) is 6.94. The lowest BCUT2D eigenvalue weighted by molar-refractivity contribution is -0.124. The number of piperidine rings is 1. The highest BCUT2D eigenvalue weighted by molar-refractivity contribution is 8.00. The fraction of sp³-hybridized carbons (Fsp3) is 0.938. The van der Waals surface area contributed by atoms with Gasteiger partial charge in [0.15, 0.2) is 0 Å². The number of hydrogen-bond acceptors (Lipinski definition) is 3. The van der Waals surface area contributed by atoms with Gasteiger partial charge in [-0.3, -0.25) is 4.79 Å². The zero-order valence-corrected chi connectivity index (χ0v) is 13.4. The number of nitrogens with one attached hydrogen (secondary N) is 2. The molecule has 114 valence electrons. The van der Waals surface area contributed by atoms with E-state index in [2.05, 4.69) is 17.6 Å². The molecule has 4 atom stereocenters. The summed E-state index contributed by atoms with van der Waals surface area (Å²) in [7, 11) is 0. The van der Waals surface area contributed by atoms with Crippen molar-refractivity contribution < 1.29 is 4.79 Å². The molecule has 1 amide bonds. The maximum absolute atomic E-state index is 12.4. The second-order valence-corrected chi connectivity index (χ2v) is 8.75. The average Bonchev–Trinajstić information content (AvgIpc) is 2.91. The second-order valence-electron chi connectivity index (χ2n) is 7.07. The van der Waals surface area contributed by atoms with Crippen molar-refractivity contribution in [1.82, 2.24) is 10.6 Å². The molecule has 2 saturated heterocycles. The van der Waals surface area contributed by atoms with Crippen molar-refractivity contribution in [3.63, 3.8) is 0 Å².